The number of nitrogens with one attached hydrogen (secondary N) is 1. The summed E-state index contributed by atoms with van der Waals surface area (Å²) >= 11 is 0. The van der Waals surface area contributed by atoms with Crippen LogP contribution >= 0.6 is 0 Å². The van der Waals surface area contributed by atoms with E-state index in [4.69, 9.17) is 9.47 Å². The third-order valence-corrected chi connectivity index (χ3v) is 9.47. The molecule has 2 rings (SSSR count). The molecular formula is C34H57N3O5. The Morgan fingerprint density at radius 1 is 0.976 bits per heavy atom. The molecule has 0 unspecified atom stereocenters. The molecule has 8 nitrogen and oxygen atoms in total. The van der Waals surface area contributed by atoms with Crippen molar-refractivity contribution >= 4 is 17.7 Å². The minimum atomic E-state index is -0.439. The summed E-state index contributed by atoms with van der Waals surface area (Å²) in [7, 11) is 5.09. The number of carbonyl (C=O) groups is 3. The number of rotatable bonds is 16. The Morgan fingerprint density at radius 3 is 2.17 bits per heavy atom. The van der Waals surface area contributed by atoms with Crippen LogP contribution in [0.4, 0.5) is 0 Å². The summed E-state index contributed by atoms with van der Waals surface area (Å²) in [5, 5.41) is 3.08. The summed E-state index contributed by atoms with van der Waals surface area (Å²) in [5.74, 6) is 0.114. The second-order valence-corrected chi connectivity index (χ2v) is 12.5. The zero-order valence-electron chi connectivity index (χ0n) is 27.5. The molecule has 0 spiro atoms. The van der Waals surface area contributed by atoms with E-state index < -0.39 is 18.1 Å². The molecule has 0 saturated carbocycles. The molecular weight excluding hydrogens is 530 g/mol. The van der Waals surface area contributed by atoms with Crippen LogP contribution in [0.2, 0.25) is 0 Å². The van der Waals surface area contributed by atoms with Crippen LogP contribution in [-0.2, 0) is 23.9 Å². The van der Waals surface area contributed by atoms with Crippen LogP contribution < -0.4 is 5.32 Å². The maximum atomic E-state index is 13.8. The number of allylic oxidation sites excluding steroid dienone is 6. The first kappa shape index (κ1) is 35.7. The van der Waals surface area contributed by atoms with Gasteiger partial charge in [0.2, 0.25) is 17.7 Å². The van der Waals surface area contributed by atoms with Gasteiger partial charge >= 0.3 is 0 Å². The standard InChI is InChI=1S/C34H57N3O5/c1-10-24(4)31(36(7)34(40)25(5)23(2)3)29(41-8)22-30(38)37-21-15-18-28(37)32(42-9)26(6)33(39)35-20-19-27-16-13-11-12-14-17-27/h11-14,16-17,23-29,31-32H,10,15,18-22H2,1-9H3,(H,35,39)/t24-,25-,26+,28-,29+,31-,32+/m0/s1. The second-order valence-electron chi connectivity index (χ2n) is 12.5. The van der Waals surface area contributed by atoms with Gasteiger partial charge in [0.15, 0.2) is 0 Å². The smallest absolute Gasteiger partial charge is 0.225 e. The number of likely N-dealkylation sites (N-methyl/N-ethyl adjacent to an activating group) is 1. The van der Waals surface area contributed by atoms with Crippen molar-refractivity contribution in [2.24, 2.45) is 29.6 Å². The van der Waals surface area contributed by atoms with Crippen LogP contribution in [0, 0.1) is 29.6 Å². The molecule has 0 aromatic rings. The molecule has 1 fully saturated rings. The molecule has 7 atom stereocenters. The van der Waals surface area contributed by atoms with Gasteiger partial charge in [0.25, 0.3) is 0 Å². The molecule has 3 amide bonds. The summed E-state index contributed by atoms with van der Waals surface area (Å²) in [6.07, 6.45) is 15.0. The molecule has 1 saturated heterocycles. The number of hydrogen-bond donors (Lipinski definition) is 1. The van der Waals surface area contributed by atoms with E-state index in [1.807, 2.05) is 55.0 Å². The summed E-state index contributed by atoms with van der Waals surface area (Å²) in [6.45, 7) is 13.4. The molecule has 238 valence electrons. The predicted molar refractivity (Wildman–Crippen MR) is 169 cm³/mol. The van der Waals surface area contributed by atoms with E-state index in [1.165, 1.54) is 0 Å². The van der Waals surface area contributed by atoms with Crippen LogP contribution in [-0.4, -0.2) is 86.2 Å². The summed E-state index contributed by atoms with van der Waals surface area (Å²) in [4.78, 5) is 44.0. The van der Waals surface area contributed by atoms with Crippen molar-refractivity contribution in [2.45, 2.75) is 97.9 Å². The average molecular weight is 588 g/mol. The van der Waals surface area contributed by atoms with Crippen molar-refractivity contribution in [3.8, 4) is 0 Å². The molecule has 0 bridgehead atoms. The van der Waals surface area contributed by atoms with E-state index in [1.54, 1.807) is 14.2 Å². The quantitative estimate of drug-likeness (QED) is 0.275. The minimum absolute atomic E-state index is 0.0226. The summed E-state index contributed by atoms with van der Waals surface area (Å²) in [6, 6.07) is -0.419. The molecule has 0 radical (unpaired) electrons. The number of carbonyl (C=O) groups excluding carboxylic acids is 3. The topological polar surface area (TPSA) is 88.2 Å². The monoisotopic (exact) mass is 587 g/mol. The van der Waals surface area contributed by atoms with Crippen molar-refractivity contribution in [2.75, 3.05) is 34.4 Å². The lowest BCUT2D eigenvalue weighted by Gasteiger charge is -2.40. The molecule has 0 aromatic carbocycles. The Labute approximate surface area is 254 Å². The van der Waals surface area contributed by atoms with Gasteiger partial charge in [0.05, 0.1) is 36.6 Å². The van der Waals surface area contributed by atoms with Crippen molar-refractivity contribution in [3.05, 3.63) is 36.5 Å². The molecule has 0 aromatic heterocycles. The second kappa shape index (κ2) is 17.6. The fourth-order valence-electron chi connectivity index (χ4n) is 6.23. The van der Waals surface area contributed by atoms with Crippen LogP contribution in [0.1, 0.15) is 73.6 Å². The number of nitrogens with zero attached hydrogens (tertiary/aromatic N) is 2. The van der Waals surface area contributed by atoms with Gasteiger partial charge in [-0.2, -0.15) is 0 Å². The number of likely N-dealkylation sites (tertiary alicyclic amines) is 1. The third-order valence-electron chi connectivity index (χ3n) is 9.47. The lowest BCUT2D eigenvalue weighted by atomic mass is 9.88. The fourth-order valence-corrected chi connectivity index (χ4v) is 6.23. The molecule has 1 aliphatic heterocycles. The van der Waals surface area contributed by atoms with E-state index in [2.05, 4.69) is 45.2 Å². The fraction of sp³-hybridized carbons (Fsp3) is 0.735. The highest BCUT2D eigenvalue weighted by Crippen LogP contribution is 2.30. The van der Waals surface area contributed by atoms with Crippen molar-refractivity contribution < 1.29 is 23.9 Å². The van der Waals surface area contributed by atoms with Crippen LogP contribution in [0.5, 0.6) is 0 Å². The van der Waals surface area contributed by atoms with Gasteiger partial charge in [0, 0.05) is 40.3 Å². The zero-order chi connectivity index (χ0) is 31.4. The first-order chi connectivity index (χ1) is 20.0. The third kappa shape index (κ3) is 9.53. The molecule has 8 heteroatoms. The normalized spacial score (nSPS) is 21.5. The highest BCUT2D eigenvalue weighted by atomic mass is 16.5. The Kier molecular flexibility index (Phi) is 15.0. The van der Waals surface area contributed by atoms with Crippen LogP contribution in [0.25, 0.3) is 0 Å². The van der Waals surface area contributed by atoms with E-state index in [0.717, 1.165) is 25.7 Å². The van der Waals surface area contributed by atoms with Gasteiger partial charge in [-0.15, -0.1) is 0 Å². The highest BCUT2D eigenvalue weighted by Gasteiger charge is 2.42. The van der Waals surface area contributed by atoms with Crippen molar-refractivity contribution in [3.63, 3.8) is 0 Å². The predicted octanol–water partition coefficient (Wildman–Crippen LogP) is 5.00. The SMILES string of the molecule is CC[C@H](C)[C@@H]([C@@H](CC(=O)N1CCC[C@H]1[C@H](OC)[C@@H](C)C(=O)NCCC1C=CC=CC=C1)OC)N(C)C(=O)[C@@H](C)C(C)C. The lowest BCUT2D eigenvalue weighted by Crippen LogP contribution is -2.54. The molecule has 1 heterocycles. The van der Waals surface area contributed by atoms with Gasteiger partial charge in [-0.05, 0) is 37.0 Å². The van der Waals surface area contributed by atoms with E-state index in [9.17, 15) is 14.4 Å². The zero-order valence-corrected chi connectivity index (χ0v) is 27.5. The molecule has 1 N–H and O–H groups in total. The Bertz CT molecular complexity index is 945. The van der Waals surface area contributed by atoms with Crippen LogP contribution in [0.15, 0.2) is 36.5 Å². The summed E-state index contributed by atoms with van der Waals surface area (Å²) < 4.78 is 11.8. The Balaban J connectivity index is 2.10. The Morgan fingerprint density at radius 2 is 1.62 bits per heavy atom. The maximum absolute atomic E-state index is 13.8. The number of amides is 3. The number of hydrogen-bond acceptors (Lipinski definition) is 5. The molecule has 2 aliphatic rings. The van der Waals surface area contributed by atoms with Crippen molar-refractivity contribution in [1.82, 2.24) is 15.1 Å². The Hall–Kier alpha value is -2.45. The van der Waals surface area contributed by atoms with Gasteiger partial charge in [0.1, 0.15) is 0 Å². The first-order valence-corrected chi connectivity index (χ1v) is 15.9. The lowest BCUT2D eigenvalue weighted by molar-refractivity contribution is -0.147. The van der Waals surface area contributed by atoms with Gasteiger partial charge in [-0.3, -0.25) is 14.4 Å². The van der Waals surface area contributed by atoms with Crippen molar-refractivity contribution in [1.29, 1.82) is 0 Å². The number of methoxy groups -OCH3 is 2. The van der Waals surface area contributed by atoms with E-state index in [-0.39, 0.29) is 59.9 Å². The molecule has 1 aliphatic carbocycles. The van der Waals surface area contributed by atoms with Gasteiger partial charge in [-0.1, -0.05) is 84.4 Å². The van der Waals surface area contributed by atoms with Gasteiger partial charge < -0.3 is 24.6 Å². The molecule has 42 heavy (non-hydrogen) atoms. The first-order valence-electron chi connectivity index (χ1n) is 15.9. The average Bonchev–Trinajstić information content (AvgIpc) is 3.31. The van der Waals surface area contributed by atoms with Gasteiger partial charge in [-0.25, -0.2) is 0 Å². The van der Waals surface area contributed by atoms with E-state index in [0.29, 0.717) is 13.1 Å². The highest BCUT2D eigenvalue weighted by molar-refractivity contribution is 5.81. The van der Waals surface area contributed by atoms with Crippen LogP contribution in [0.3, 0.4) is 0 Å². The van der Waals surface area contributed by atoms with E-state index >= 15 is 0 Å². The number of ether oxygens (including phenoxy) is 2. The largest absolute Gasteiger partial charge is 0.379 e. The summed E-state index contributed by atoms with van der Waals surface area (Å²) in [5.41, 5.74) is 0. The minimum Gasteiger partial charge on any atom is -0.379 e. The maximum Gasteiger partial charge on any atom is 0.225 e.